The molecule has 8 rings (SSSR count). The van der Waals surface area contributed by atoms with Crippen molar-refractivity contribution >= 4 is 33.7 Å². The predicted octanol–water partition coefficient (Wildman–Crippen LogP) is 14.5. The fraction of sp³-hybridized carbons (Fsp3) is 0.260. The van der Waals surface area contributed by atoms with Crippen molar-refractivity contribution in [3.8, 4) is 52.7 Å². The number of aromatic hydroxyl groups is 1. The number of hydrogen-bond donors (Lipinski definition) is 5. The van der Waals surface area contributed by atoms with Crippen molar-refractivity contribution in [1.29, 1.82) is 15.8 Å². The molecule has 0 spiro atoms. The summed E-state index contributed by atoms with van der Waals surface area (Å²) < 4.78 is 118. The number of nitrogens with zero attached hydrogens (tertiary/aromatic N) is 3. The fourth-order valence-corrected chi connectivity index (χ4v) is 9.07. The van der Waals surface area contributed by atoms with E-state index in [1.54, 1.807) is 92.7 Å². The van der Waals surface area contributed by atoms with Crippen LogP contribution < -0.4 is 34.3 Å². The first-order valence-corrected chi connectivity index (χ1v) is 31.2. The number of carbonyl (C=O) groups excluding carboxylic acids is 3. The molecule has 0 aliphatic carbocycles. The molecule has 2 atom stereocenters. The Kier molecular flexibility index (Phi) is 30.9. The number of phenols is 1. The van der Waals surface area contributed by atoms with E-state index < -0.39 is 40.8 Å². The van der Waals surface area contributed by atoms with Gasteiger partial charge in [-0.1, -0.05) is 64.5 Å². The van der Waals surface area contributed by atoms with Gasteiger partial charge in [-0.3, -0.25) is 9.59 Å². The molecule has 8 aromatic rings. The maximum atomic E-state index is 13.6. The molecule has 8 aromatic carbocycles. The summed E-state index contributed by atoms with van der Waals surface area (Å²) in [6.07, 6.45) is 1.39. The number of carbonyl (C=O) groups is 3. The molecule has 0 saturated heterocycles. The summed E-state index contributed by atoms with van der Waals surface area (Å²) in [7, 11) is 0. The van der Waals surface area contributed by atoms with Gasteiger partial charge in [-0.05, 0) is 193 Å². The number of phenolic OH excluding ortho intramolecular Hbond substituents is 1. The lowest BCUT2D eigenvalue weighted by Gasteiger charge is -2.19. The standard InChI is InChI=1S/C28H29FN2O4.C21H24N2O4.C17H10F5NO3.C7H6BrF/c1-19(2)35-27-12-7-22(16-23(27)17-30)28(33)31-25(13-14-32)15-20-5-10-26(11-6-20)34-18-21-3-8-24(29)9-4-21;1-14(2)27-20-8-5-16(12-17(20)13-22)21(26)23-18(9-10-24)11-15-3-6-19(25)7-4-15;1-7(2)25-10-4-3-8(5-9(10)6-23)17(24)26-16-14(21)12(19)11(18)13(20)15(16)22;8-5-6-1-3-7(9)4-2-6/h3-12,16,19,25,32H,13-15,18H2,1-2H3,(H,31,33);3-8,12,14,18,24-25H,9-11H2,1-2H3,(H,23,26);3-5,7H,1-2H3;1-4H,5H2/t25-;18-;;/m11../s1. The number of aliphatic hydroxyl groups is 2. The van der Waals surface area contributed by atoms with Gasteiger partial charge in [0, 0.05) is 41.8 Å². The number of esters is 1. The lowest BCUT2D eigenvalue weighted by Crippen LogP contribution is -2.37. The minimum absolute atomic E-state index is 0.0619. The summed E-state index contributed by atoms with van der Waals surface area (Å²) >= 11 is 3.26. The molecule has 508 valence electrons. The number of nitriles is 3. The SMILES string of the molecule is CC(C)Oc1ccc(C(=O)N[C@H](CCO)Cc2ccc(O)cc2)cc1C#N.CC(C)Oc1ccc(C(=O)N[C@H](CCO)Cc2ccc(OCc3ccc(F)cc3)cc2)cc1C#N.CC(C)Oc1ccc(C(=O)Oc2c(F)c(F)c(F)c(F)c2F)cc1C#N.Fc1ccc(CBr)cc1. The quantitative estimate of drug-likeness (QED) is 0.00942. The van der Waals surface area contributed by atoms with Crippen molar-refractivity contribution in [3.63, 3.8) is 0 Å². The minimum atomic E-state index is -2.37. The van der Waals surface area contributed by atoms with Crippen molar-refractivity contribution in [2.75, 3.05) is 13.2 Å². The van der Waals surface area contributed by atoms with Gasteiger partial charge >= 0.3 is 5.97 Å². The zero-order valence-corrected chi connectivity index (χ0v) is 55.0. The topological polar surface area (TPSA) is 253 Å². The van der Waals surface area contributed by atoms with Gasteiger partial charge in [0.25, 0.3) is 11.8 Å². The van der Waals surface area contributed by atoms with Crippen molar-refractivity contribution in [3.05, 3.63) is 248 Å². The van der Waals surface area contributed by atoms with Crippen LogP contribution in [0.3, 0.4) is 0 Å². The van der Waals surface area contributed by atoms with Crippen LogP contribution in [0.5, 0.6) is 34.5 Å². The molecule has 0 radical (unpaired) electrons. The van der Waals surface area contributed by atoms with E-state index in [2.05, 4.69) is 43.4 Å². The van der Waals surface area contributed by atoms with Crippen molar-refractivity contribution in [2.45, 2.75) is 110 Å². The molecule has 0 fully saturated rings. The van der Waals surface area contributed by atoms with Gasteiger partial charge < -0.3 is 49.6 Å². The zero-order chi connectivity index (χ0) is 71.3. The lowest BCUT2D eigenvalue weighted by atomic mass is 10.0. The summed E-state index contributed by atoms with van der Waals surface area (Å²) in [5.74, 6) is -13.8. The average Bonchev–Trinajstić information content (AvgIpc) is 0.806. The Morgan fingerprint density at radius 3 is 1.20 bits per heavy atom. The highest BCUT2D eigenvalue weighted by atomic mass is 79.9. The first-order chi connectivity index (χ1) is 46.3. The van der Waals surface area contributed by atoms with E-state index >= 15 is 0 Å². The zero-order valence-electron chi connectivity index (χ0n) is 53.5. The maximum absolute atomic E-state index is 13.6. The molecular weight excluding hydrogens is 1340 g/mol. The molecule has 97 heavy (non-hydrogen) atoms. The van der Waals surface area contributed by atoms with Gasteiger partial charge in [0.05, 0.1) is 40.6 Å². The molecule has 0 aliphatic heterocycles. The van der Waals surface area contributed by atoms with Gasteiger partial charge in [0.2, 0.25) is 34.8 Å². The third kappa shape index (κ3) is 24.7. The van der Waals surface area contributed by atoms with E-state index in [0.717, 1.165) is 39.7 Å². The van der Waals surface area contributed by atoms with Gasteiger partial charge in [0.15, 0.2) is 0 Å². The maximum Gasteiger partial charge on any atom is 0.343 e. The van der Waals surface area contributed by atoms with E-state index in [0.29, 0.717) is 71.8 Å². The van der Waals surface area contributed by atoms with Crippen molar-refractivity contribution < 1.29 is 84.1 Å². The number of aliphatic hydroxyl groups excluding tert-OH is 2. The van der Waals surface area contributed by atoms with E-state index in [1.807, 2.05) is 52.0 Å². The van der Waals surface area contributed by atoms with Crippen LogP contribution in [-0.4, -0.2) is 76.7 Å². The van der Waals surface area contributed by atoms with Crippen LogP contribution in [0.1, 0.15) is 124 Å². The molecular formula is C73H69BrF7N5O11. The van der Waals surface area contributed by atoms with Crippen LogP contribution >= 0.6 is 15.9 Å². The molecule has 5 N–H and O–H groups in total. The Labute approximate surface area is 565 Å². The summed E-state index contributed by atoms with van der Waals surface area (Å²) in [5, 5.41) is 62.6. The van der Waals surface area contributed by atoms with E-state index in [9.17, 15) is 71.0 Å². The third-order valence-electron chi connectivity index (χ3n) is 13.3. The second-order valence-electron chi connectivity index (χ2n) is 22.0. The summed E-state index contributed by atoms with van der Waals surface area (Å²) in [6.45, 7) is 11.1. The van der Waals surface area contributed by atoms with Crippen molar-refractivity contribution in [2.24, 2.45) is 0 Å². The van der Waals surface area contributed by atoms with E-state index in [1.165, 1.54) is 42.5 Å². The second-order valence-corrected chi connectivity index (χ2v) is 22.6. The molecule has 0 unspecified atom stereocenters. The Morgan fingerprint density at radius 2 is 0.825 bits per heavy atom. The van der Waals surface area contributed by atoms with Crippen LogP contribution in [0.2, 0.25) is 0 Å². The first-order valence-electron chi connectivity index (χ1n) is 30.0. The molecule has 0 heterocycles. The average molecular weight is 1410 g/mol. The first kappa shape index (κ1) is 77.3. The number of benzene rings is 8. The van der Waals surface area contributed by atoms with E-state index in [4.69, 9.17) is 24.2 Å². The number of halogens is 8. The summed E-state index contributed by atoms with van der Waals surface area (Å²) in [6, 6.07) is 44.9. The molecule has 24 heteroatoms. The lowest BCUT2D eigenvalue weighted by molar-refractivity contribution is 0.0715. The highest BCUT2D eigenvalue weighted by Gasteiger charge is 2.29. The van der Waals surface area contributed by atoms with E-state index in [-0.39, 0.29) is 89.7 Å². The number of amides is 2. The van der Waals surface area contributed by atoms with Gasteiger partial charge in [-0.15, -0.1) is 0 Å². The summed E-state index contributed by atoms with van der Waals surface area (Å²) in [4.78, 5) is 37.4. The summed E-state index contributed by atoms with van der Waals surface area (Å²) in [5.41, 5.74) is 4.74. The van der Waals surface area contributed by atoms with Crippen LogP contribution in [0.15, 0.2) is 152 Å². The third-order valence-corrected chi connectivity index (χ3v) is 14.0. The van der Waals surface area contributed by atoms with Crippen LogP contribution in [0.25, 0.3) is 0 Å². The Morgan fingerprint density at radius 1 is 0.474 bits per heavy atom. The number of ether oxygens (including phenoxy) is 5. The highest BCUT2D eigenvalue weighted by molar-refractivity contribution is 9.08. The molecule has 0 aromatic heterocycles. The molecule has 0 aliphatic rings. The number of rotatable bonds is 24. The second kappa shape index (κ2) is 38.8. The molecule has 0 saturated carbocycles. The van der Waals surface area contributed by atoms with Gasteiger partial charge in [-0.25, -0.2) is 26.7 Å². The van der Waals surface area contributed by atoms with Crippen LogP contribution in [-0.2, 0) is 24.8 Å². The Hall–Kier alpha value is -10.5. The van der Waals surface area contributed by atoms with Gasteiger partial charge in [-0.2, -0.15) is 24.6 Å². The van der Waals surface area contributed by atoms with Crippen LogP contribution in [0, 0.1) is 74.7 Å². The normalized spacial score (nSPS) is 11.1. The molecule has 16 nitrogen and oxygen atoms in total. The number of alkyl halides is 1. The smallest absolute Gasteiger partial charge is 0.343 e. The highest BCUT2D eigenvalue weighted by Crippen LogP contribution is 2.31. The Bertz CT molecular complexity index is 4020. The Balaban J connectivity index is 0.000000249. The predicted molar refractivity (Wildman–Crippen MR) is 350 cm³/mol. The fourth-order valence-electron chi connectivity index (χ4n) is 8.70. The van der Waals surface area contributed by atoms with Gasteiger partial charge in [0.1, 0.15) is 65.2 Å². The number of nitrogens with one attached hydrogen (secondary N) is 2. The molecule has 0 bridgehead atoms. The van der Waals surface area contributed by atoms with Crippen LogP contribution in [0.4, 0.5) is 30.7 Å². The monoisotopic (exact) mass is 1400 g/mol. The van der Waals surface area contributed by atoms with Crippen molar-refractivity contribution in [1.82, 2.24) is 10.6 Å². The largest absolute Gasteiger partial charge is 0.508 e. The minimum Gasteiger partial charge on any atom is -0.508 e. The molecule has 2 amide bonds. The number of hydrogen-bond acceptors (Lipinski definition) is 14.